The second-order valence-electron chi connectivity index (χ2n) is 31.7. The van der Waals surface area contributed by atoms with Gasteiger partial charge in [-0.2, -0.15) is 0 Å². The van der Waals surface area contributed by atoms with E-state index in [1.807, 2.05) is 84.9 Å². The zero-order valence-electron chi connectivity index (χ0n) is 69.6. The van der Waals surface area contributed by atoms with Crippen LogP contribution in [0.5, 0.6) is 23.0 Å². The number of H-pyrrole nitrogens is 6. The highest BCUT2D eigenvalue weighted by Crippen LogP contribution is 2.43. The Morgan fingerprint density at radius 2 is 0.469 bits per heavy atom. The number of nitrogens with zero attached hydrogens (tertiary/aromatic N) is 6. The Kier molecular flexibility index (Phi) is 18.5. The third-order valence-electron chi connectivity index (χ3n) is 24.1. The molecule has 128 heavy (non-hydrogen) atoms. The normalized spacial score (nSPS) is 12.2. The van der Waals surface area contributed by atoms with Crippen molar-refractivity contribution in [2.75, 3.05) is 28.4 Å². The highest BCUT2D eigenvalue weighted by Gasteiger charge is 2.24. The summed E-state index contributed by atoms with van der Waals surface area (Å²) in [6, 6.07) is 91.4. The van der Waals surface area contributed by atoms with Gasteiger partial charge in [0, 0.05) is 77.5 Å². The predicted octanol–water partition coefficient (Wildman–Crippen LogP) is 25.7. The number of fused-ring (bicyclic) bond motifs is 26. The molecule has 8 aromatic carbocycles. The average molecular weight is 1650 g/mol. The number of hydrogen-bond donors (Lipinski definition) is 6. The molecule has 24 bridgehead atoms. The van der Waals surface area contributed by atoms with Crippen molar-refractivity contribution in [2.45, 2.75) is 0 Å². The molecular formula is C112H74N12O4. The first-order valence-corrected chi connectivity index (χ1v) is 42.1. The van der Waals surface area contributed by atoms with Crippen molar-refractivity contribution in [1.29, 1.82) is 0 Å². The lowest BCUT2D eigenvalue weighted by Gasteiger charge is -2.09. The van der Waals surface area contributed by atoms with Gasteiger partial charge in [-0.05, 0) is 261 Å². The highest BCUT2D eigenvalue weighted by atomic mass is 16.5. The summed E-state index contributed by atoms with van der Waals surface area (Å²) in [6.07, 6.45) is 24.8. The summed E-state index contributed by atoms with van der Waals surface area (Å²) in [5.74, 6) is 18.2. The third kappa shape index (κ3) is 13.7. The summed E-state index contributed by atoms with van der Waals surface area (Å²) in [6.45, 7) is 0. The predicted molar refractivity (Wildman–Crippen MR) is 522 cm³/mol. The highest BCUT2D eigenvalue weighted by molar-refractivity contribution is 6.07. The number of methoxy groups -OCH3 is 4. The van der Waals surface area contributed by atoms with Crippen molar-refractivity contribution in [3.05, 3.63) is 358 Å². The molecule has 16 heteroatoms. The van der Waals surface area contributed by atoms with Crippen LogP contribution in [-0.2, 0) is 0 Å². The number of ether oxygens (including phenoxy) is 4. The lowest BCUT2D eigenvalue weighted by molar-refractivity contribution is 0.415. The largest absolute Gasteiger partial charge is 0.497 e. The maximum absolute atomic E-state index is 5.86. The summed E-state index contributed by atoms with van der Waals surface area (Å²) in [5, 5.41) is 4.22. The molecule has 0 unspecified atom stereocenters. The van der Waals surface area contributed by atoms with Crippen LogP contribution >= 0.6 is 0 Å². The van der Waals surface area contributed by atoms with Gasteiger partial charge in [-0.25, -0.2) is 29.9 Å². The van der Waals surface area contributed by atoms with Crippen LogP contribution in [-0.4, -0.2) is 88.2 Å². The van der Waals surface area contributed by atoms with Crippen molar-refractivity contribution < 1.29 is 18.9 Å². The van der Waals surface area contributed by atoms with Gasteiger partial charge in [-0.1, -0.05) is 157 Å². The Morgan fingerprint density at radius 1 is 0.211 bits per heavy atom. The van der Waals surface area contributed by atoms with Gasteiger partial charge in [0.2, 0.25) is 0 Å². The molecule has 17 aromatic rings. The molecule has 0 spiro atoms. The molecule has 0 atom stereocenters. The smallest absolute Gasteiger partial charge is 0.119 e. The number of hydrogen-bond acceptors (Lipinski definition) is 10. The zero-order valence-corrected chi connectivity index (χ0v) is 69.6. The second kappa shape index (κ2) is 31.4. The summed E-state index contributed by atoms with van der Waals surface area (Å²) in [7, 11) is 6.74. The SMILES string of the molecule is COc1cccc(-c2c3nc(c(C#Cc4c5nc(c(-c6cccc7ccccc67)c6ccc([nH]6)c(C#Cc6c7nc(c(-c8cccc(OC)c8)c8ccc(cc9nc(c(-c%10cccc(OC)c%10)c%10ccc6[nH]%10)C=C9)[nH]8)C=C7)c6nc(c(-c7cccc8ccccc78)c7ccc4[nH]7)C=C6)C=C5)c4ccc([nH]4)c(-c4cccc(OC)c4)c4nc(cc5ccc2[nH]5)C=C4)C=C3)c1. The van der Waals surface area contributed by atoms with Crippen LogP contribution in [0.2, 0.25) is 0 Å². The lowest BCUT2D eigenvalue weighted by Crippen LogP contribution is -1.91. The minimum Gasteiger partial charge on any atom is -0.497 e. The van der Waals surface area contributed by atoms with E-state index in [9.17, 15) is 0 Å². The quantitative estimate of drug-likeness (QED) is 0.0714. The minimum absolute atomic E-state index is 0.629. The van der Waals surface area contributed by atoms with E-state index in [-0.39, 0.29) is 0 Å². The van der Waals surface area contributed by atoms with Crippen LogP contribution < -0.4 is 18.9 Å². The van der Waals surface area contributed by atoms with E-state index in [0.717, 1.165) is 178 Å². The van der Waals surface area contributed by atoms with E-state index in [1.54, 1.807) is 28.4 Å². The Balaban J connectivity index is 0.807. The number of aromatic nitrogens is 12. The number of benzene rings is 8. The van der Waals surface area contributed by atoms with E-state index < -0.39 is 0 Å². The second-order valence-corrected chi connectivity index (χ2v) is 31.7. The van der Waals surface area contributed by atoms with Crippen molar-refractivity contribution in [1.82, 2.24) is 59.8 Å². The van der Waals surface area contributed by atoms with Gasteiger partial charge < -0.3 is 48.9 Å². The summed E-state index contributed by atoms with van der Waals surface area (Å²) in [5.41, 5.74) is 31.4. The first kappa shape index (κ1) is 75.4. The number of rotatable bonds is 10. The molecule has 15 heterocycles. The fourth-order valence-electron chi connectivity index (χ4n) is 18.0. The molecule has 23 rings (SSSR count). The Hall–Kier alpha value is -17.6. The molecule has 9 aromatic heterocycles. The van der Waals surface area contributed by atoms with Gasteiger partial charge in [0.15, 0.2) is 0 Å². The standard InChI is InChI=1S/C112H74N12O4/c1-125-75-23-9-19-67(59-75)107-95-39-31-71(113-95)63-72-32-40-96(114-72)108(68-20-10-24-76(60-68)126-2)100-52-44-88(118-100)83(87-43-51-99(107)117-87)35-37-85-91-47-55-103(121-91)111(81-29-13-17-65-15-5-7-27-79(65)81)105-57-49-93(123-105)86(94-50-58-106(124-94)112(104-56-48-92(85)122-104)82-30-14-18-66-16-6-8-28-80(66)82)38-36-84-89-45-53-101(119-89)109(69-21-11-25-77(61-69)127-3)97-41-33-73(115-97)64-74-34-42-98(116-74)110(102-54-46-90(84)120-102)70-22-12-26-78(62-70)128-4/h5-34,39-64,113,115,118,120-121,124H,1-4H3. The first-order chi connectivity index (χ1) is 63.1. The average Bonchev–Trinajstić information content (AvgIpc) is 1.24. The topological polar surface area (TPSA) is 209 Å². The minimum atomic E-state index is 0.629. The van der Waals surface area contributed by atoms with Crippen molar-refractivity contribution in [2.24, 2.45) is 0 Å². The van der Waals surface area contributed by atoms with Crippen LogP contribution in [0.3, 0.4) is 0 Å². The maximum atomic E-state index is 5.86. The van der Waals surface area contributed by atoms with Gasteiger partial charge in [0.25, 0.3) is 0 Å². The summed E-state index contributed by atoms with van der Waals surface area (Å²) >= 11 is 0. The zero-order chi connectivity index (χ0) is 85.5. The van der Waals surface area contributed by atoms with Gasteiger partial charge in [-0.3, -0.25) is 0 Å². The molecule has 0 saturated heterocycles. The van der Waals surface area contributed by atoms with Gasteiger partial charge in [0.1, 0.15) is 23.0 Å². The molecule has 0 saturated carbocycles. The fourth-order valence-corrected chi connectivity index (χ4v) is 18.0. The Morgan fingerprint density at radius 3 is 0.805 bits per heavy atom. The molecule has 6 aliphatic heterocycles. The molecule has 6 N–H and O–H groups in total. The van der Waals surface area contributed by atoms with Crippen molar-refractivity contribution >= 4 is 161 Å². The van der Waals surface area contributed by atoms with E-state index in [0.29, 0.717) is 90.4 Å². The van der Waals surface area contributed by atoms with Crippen LogP contribution in [0, 0.1) is 23.7 Å². The summed E-state index contributed by atoms with van der Waals surface area (Å²) < 4.78 is 23.5. The molecule has 0 aliphatic carbocycles. The van der Waals surface area contributed by atoms with E-state index in [4.69, 9.17) is 48.9 Å². The van der Waals surface area contributed by atoms with Crippen LogP contribution in [0.1, 0.15) is 90.6 Å². The monoisotopic (exact) mass is 1650 g/mol. The third-order valence-corrected chi connectivity index (χ3v) is 24.1. The molecule has 606 valence electrons. The Bertz CT molecular complexity index is 7960. The van der Waals surface area contributed by atoms with Crippen LogP contribution in [0.4, 0.5) is 0 Å². The van der Waals surface area contributed by atoms with Crippen molar-refractivity contribution in [3.8, 4) is 113 Å². The molecule has 0 radical (unpaired) electrons. The van der Waals surface area contributed by atoms with E-state index in [1.165, 1.54) is 0 Å². The fraction of sp³-hybridized carbons (Fsp3) is 0.0357. The maximum Gasteiger partial charge on any atom is 0.119 e. The number of nitrogens with one attached hydrogen (secondary N) is 6. The van der Waals surface area contributed by atoms with Crippen LogP contribution in [0.15, 0.2) is 267 Å². The van der Waals surface area contributed by atoms with E-state index in [2.05, 4.69) is 308 Å². The summed E-state index contributed by atoms with van der Waals surface area (Å²) in [4.78, 5) is 56.7. The van der Waals surface area contributed by atoms with E-state index >= 15 is 0 Å². The Labute approximate surface area is 734 Å². The molecule has 6 aliphatic rings. The van der Waals surface area contributed by atoms with Gasteiger partial charge >= 0.3 is 0 Å². The lowest BCUT2D eigenvalue weighted by atomic mass is 9.97. The molecule has 0 amide bonds. The van der Waals surface area contributed by atoms with Crippen molar-refractivity contribution in [3.63, 3.8) is 0 Å². The molecule has 0 fully saturated rings. The van der Waals surface area contributed by atoms with Crippen LogP contribution in [0.25, 0.3) is 227 Å². The number of aromatic amines is 6. The van der Waals surface area contributed by atoms with Gasteiger partial charge in [0.05, 0.1) is 141 Å². The first-order valence-electron chi connectivity index (χ1n) is 42.1. The molecule has 16 nitrogen and oxygen atoms in total. The molecular weight excluding hydrogens is 1580 g/mol. The van der Waals surface area contributed by atoms with Gasteiger partial charge in [-0.15, -0.1) is 0 Å².